The summed E-state index contributed by atoms with van der Waals surface area (Å²) >= 11 is 0. The Morgan fingerprint density at radius 2 is 1.83 bits per heavy atom. The molecule has 1 heterocycles. The summed E-state index contributed by atoms with van der Waals surface area (Å²) in [6.07, 6.45) is 2.41. The number of rotatable bonds is 6. The molecule has 0 radical (unpaired) electrons. The van der Waals surface area contributed by atoms with Crippen molar-refractivity contribution < 1.29 is 27.9 Å². The van der Waals surface area contributed by atoms with Crippen LogP contribution in [0.15, 0.2) is 59.8 Å². The number of sulfonamides is 1. The second-order valence-electron chi connectivity index (χ2n) is 6.51. The maximum atomic E-state index is 12.7. The van der Waals surface area contributed by atoms with E-state index in [-0.39, 0.29) is 27.3 Å². The van der Waals surface area contributed by atoms with Crippen LogP contribution in [0.5, 0.6) is 11.5 Å². The van der Waals surface area contributed by atoms with Crippen molar-refractivity contribution in [3.05, 3.63) is 71.5 Å². The van der Waals surface area contributed by atoms with E-state index in [9.17, 15) is 23.1 Å². The molecule has 2 aromatic carbocycles. The zero-order chi connectivity index (χ0) is 22.1. The summed E-state index contributed by atoms with van der Waals surface area (Å²) in [4.78, 5) is 25.4. The minimum Gasteiger partial charge on any atom is -0.507 e. The molecular weight excluding hydrogens is 410 g/mol. The fourth-order valence-electron chi connectivity index (χ4n) is 2.66. The number of methoxy groups -OCH3 is 1. The van der Waals surface area contributed by atoms with E-state index < -0.39 is 21.7 Å². The van der Waals surface area contributed by atoms with Crippen molar-refractivity contribution in [2.75, 3.05) is 21.2 Å². The van der Waals surface area contributed by atoms with Crippen LogP contribution in [0.25, 0.3) is 0 Å². The Balaban J connectivity index is 1.92. The third-order valence-electron chi connectivity index (χ3n) is 4.36. The van der Waals surface area contributed by atoms with Gasteiger partial charge in [0.2, 0.25) is 10.0 Å². The number of aromatic nitrogens is 2. The van der Waals surface area contributed by atoms with Gasteiger partial charge in [-0.05, 0) is 36.4 Å². The molecule has 0 amide bonds. The summed E-state index contributed by atoms with van der Waals surface area (Å²) in [5, 5.41) is 13.9. The van der Waals surface area contributed by atoms with Crippen LogP contribution in [0.3, 0.4) is 0 Å². The fourth-order valence-corrected chi connectivity index (χ4v) is 3.61. The lowest BCUT2D eigenvalue weighted by Gasteiger charge is -2.11. The van der Waals surface area contributed by atoms with E-state index in [0.29, 0.717) is 5.75 Å². The molecule has 156 valence electrons. The monoisotopic (exact) mass is 429 g/mol. The van der Waals surface area contributed by atoms with Crippen molar-refractivity contribution in [1.29, 1.82) is 0 Å². The van der Waals surface area contributed by atoms with Crippen LogP contribution in [0, 0.1) is 0 Å². The van der Waals surface area contributed by atoms with Gasteiger partial charge < -0.3 is 9.84 Å². The van der Waals surface area contributed by atoms with Crippen molar-refractivity contribution >= 4 is 21.7 Å². The van der Waals surface area contributed by atoms with Crippen LogP contribution in [0.2, 0.25) is 0 Å². The topological polar surface area (TPSA) is 119 Å². The van der Waals surface area contributed by atoms with Crippen molar-refractivity contribution in [3.8, 4) is 11.5 Å². The van der Waals surface area contributed by atoms with Crippen molar-refractivity contribution in [1.82, 2.24) is 14.1 Å². The maximum absolute atomic E-state index is 12.7. The minimum atomic E-state index is -3.71. The number of carbonyl (C=O) groups excluding carboxylic acids is 2. The van der Waals surface area contributed by atoms with Gasteiger partial charge in [-0.1, -0.05) is 6.07 Å². The van der Waals surface area contributed by atoms with E-state index in [0.717, 1.165) is 8.99 Å². The number of ketones is 1. The number of phenols is 1. The van der Waals surface area contributed by atoms with Gasteiger partial charge in [-0.2, -0.15) is 5.10 Å². The van der Waals surface area contributed by atoms with Crippen LogP contribution >= 0.6 is 0 Å². The number of hydrogen-bond acceptors (Lipinski definition) is 7. The maximum Gasteiger partial charge on any atom is 0.278 e. The predicted molar refractivity (Wildman–Crippen MR) is 107 cm³/mol. The van der Waals surface area contributed by atoms with Gasteiger partial charge in [0.25, 0.3) is 5.91 Å². The third kappa shape index (κ3) is 3.95. The van der Waals surface area contributed by atoms with E-state index in [1.807, 2.05) is 0 Å². The highest BCUT2D eigenvalue weighted by molar-refractivity contribution is 7.89. The lowest BCUT2D eigenvalue weighted by atomic mass is 10.1. The first kappa shape index (κ1) is 21.2. The molecule has 3 rings (SSSR count). The molecule has 10 heteroatoms. The van der Waals surface area contributed by atoms with E-state index in [2.05, 4.69) is 5.10 Å². The first-order valence-electron chi connectivity index (χ1n) is 8.69. The lowest BCUT2D eigenvalue weighted by molar-refractivity contribution is 0.0945. The number of phenolic OH excluding ortho intramolecular Hbond substituents is 1. The lowest BCUT2D eigenvalue weighted by Crippen LogP contribution is -2.22. The standard InChI is InChI=1S/C20H19N3O6S/c1-22(2)30(27,28)16-6-4-5-13(9-16)20(26)23-12-14(11-21-23)19(25)17-10-15(29-3)7-8-18(17)24/h4-12,24H,1-3H3. The number of hydrogen-bond donors (Lipinski definition) is 1. The zero-order valence-electron chi connectivity index (χ0n) is 16.4. The van der Waals surface area contributed by atoms with E-state index in [1.165, 1.54) is 76.1 Å². The highest BCUT2D eigenvalue weighted by Gasteiger charge is 2.21. The summed E-state index contributed by atoms with van der Waals surface area (Å²) < 4.78 is 31.6. The Morgan fingerprint density at radius 1 is 1.10 bits per heavy atom. The summed E-state index contributed by atoms with van der Waals surface area (Å²) in [6, 6.07) is 9.75. The average Bonchev–Trinajstić information content (AvgIpc) is 3.23. The Kier molecular flexibility index (Phi) is 5.72. The minimum absolute atomic E-state index is 0.000391. The number of aromatic hydroxyl groups is 1. The molecule has 0 fully saturated rings. The van der Waals surface area contributed by atoms with E-state index in [4.69, 9.17) is 4.74 Å². The van der Waals surface area contributed by atoms with E-state index >= 15 is 0 Å². The Morgan fingerprint density at radius 3 is 2.50 bits per heavy atom. The van der Waals surface area contributed by atoms with Crippen LogP contribution in [0.1, 0.15) is 26.3 Å². The Labute approximate surface area is 173 Å². The molecule has 0 aliphatic carbocycles. The van der Waals surface area contributed by atoms with Gasteiger partial charge in [0.05, 0.1) is 29.3 Å². The molecule has 1 N–H and O–H groups in total. The molecular formula is C20H19N3O6S. The van der Waals surface area contributed by atoms with Gasteiger partial charge in [0, 0.05) is 25.9 Å². The number of nitrogens with zero attached hydrogens (tertiary/aromatic N) is 3. The highest BCUT2D eigenvalue weighted by Crippen LogP contribution is 2.25. The molecule has 0 aliphatic heterocycles. The van der Waals surface area contributed by atoms with Gasteiger partial charge in [-0.3, -0.25) is 9.59 Å². The van der Waals surface area contributed by atoms with Gasteiger partial charge >= 0.3 is 0 Å². The number of benzene rings is 2. The molecule has 0 bridgehead atoms. The second kappa shape index (κ2) is 8.09. The Hall–Kier alpha value is -3.50. The molecule has 30 heavy (non-hydrogen) atoms. The Bertz CT molecular complexity index is 1230. The normalized spacial score (nSPS) is 11.5. The van der Waals surface area contributed by atoms with E-state index in [1.54, 1.807) is 0 Å². The molecule has 0 unspecified atom stereocenters. The predicted octanol–water partition coefficient (Wildman–Crippen LogP) is 1.77. The smallest absolute Gasteiger partial charge is 0.278 e. The first-order chi connectivity index (χ1) is 14.1. The SMILES string of the molecule is COc1ccc(O)c(C(=O)c2cnn(C(=O)c3cccc(S(=O)(=O)N(C)C)c3)c2)c1. The van der Waals surface area contributed by atoms with Gasteiger partial charge in [-0.15, -0.1) is 0 Å². The molecule has 0 atom stereocenters. The number of carbonyl (C=O) groups is 2. The van der Waals surface area contributed by atoms with Gasteiger partial charge in [0.15, 0.2) is 5.78 Å². The van der Waals surface area contributed by atoms with Gasteiger partial charge in [0.1, 0.15) is 11.5 Å². The average molecular weight is 429 g/mol. The van der Waals surface area contributed by atoms with Crippen LogP contribution in [0.4, 0.5) is 0 Å². The quantitative estimate of drug-likeness (QED) is 0.593. The molecule has 0 saturated carbocycles. The van der Waals surface area contributed by atoms with Crippen molar-refractivity contribution in [2.45, 2.75) is 4.90 Å². The summed E-state index contributed by atoms with van der Waals surface area (Å²) in [5.74, 6) is -1.01. The molecule has 3 aromatic rings. The van der Waals surface area contributed by atoms with Crippen LogP contribution in [-0.4, -0.2) is 60.5 Å². The largest absolute Gasteiger partial charge is 0.507 e. The fraction of sp³-hybridized carbons (Fsp3) is 0.150. The first-order valence-corrected chi connectivity index (χ1v) is 10.1. The van der Waals surface area contributed by atoms with Crippen LogP contribution in [-0.2, 0) is 10.0 Å². The molecule has 9 nitrogen and oxygen atoms in total. The summed E-state index contributed by atoms with van der Waals surface area (Å²) in [5.41, 5.74) is 0.161. The molecule has 1 aromatic heterocycles. The van der Waals surface area contributed by atoms with Crippen LogP contribution < -0.4 is 4.74 Å². The molecule has 0 spiro atoms. The summed E-state index contributed by atoms with van der Waals surface area (Å²) in [7, 11) is 0.504. The highest BCUT2D eigenvalue weighted by atomic mass is 32.2. The molecule has 0 saturated heterocycles. The summed E-state index contributed by atoms with van der Waals surface area (Å²) in [6.45, 7) is 0. The van der Waals surface area contributed by atoms with Crippen molar-refractivity contribution in [2.24, 2.45) is 0 Å². The molecule has 0 aliphatic rings. The zero-order valence-corrected chi connectivity index (χ0v) is 17.3. The van der Waals surface area contributed by atoms with Gasteiger partial charge in [-0.25, -0.2) is 17.4 Å². The second-order valence-corrected chi connectivity index (χ2v) is 8.66. The number of ether oxygens (including phenoxy) is 1. The van der Waals surface area contributed by atoms with Crippen molar-refractivity contribution in [3.63, 3.8) is 0 Å². The third-order valence-corrected chi connectivity index (χ3v) is 6.17.